The molecule has 0 aromatic heterocycles. The van der Waals surface area contributed by atoms with Gasteiger partial charge in [-0.1, -0.05) is 11.6 Å². The Balaban J connectivity index is 0.00000242. The molecule has 0 bridgehead atoms. The fourth-order valence-corrected chi connectivity index (χ4v) is 2.66. The molecule has 1 aromatic rings. The number of hydrogen-bond donors (Lipinski definition) is 2. The molecule has 0 spiro atoms. The molecule has 4 nitrogen and oxygen atoms in total. The second-order valence-corrected chi connectivity index (χ2v) is 5.58. The molecule has 1 fully saturated rings. The Hall–Kier alpha value is -0.950. The second-order valence-electron chi connectivity index (χ2n) is 5.17. The van der Waals surface area contributed by atoms with Crippen LogP contribution in [0.1, 0.15) is 23.2 Å². The first kappa shape index (κ1) is 19.1. The zero-order valence-electron chi connectivity index (χ0n) is 12.0. The van der Waals surface area contributed by atoms with Crippen molar-refractivity contribution in [1.82, 2.24) is 10.6 Å². The smallest absolute Gasteiger partial charge is 0.254 e. The number of ether oxygens (including phenoxy) is 1. The van der Waals surface area contributed by atoms with Gasteiger partial charge in [0, 0.05) is 13.7 Å². The molecule has 22 heavy (non-hydrogen) atoms. The molecule has 1 aliphatic rings. The number of methoxy groups -OCH3 is 1. The van der Waals surface area contributed by atoms with Gasteiger partial charge in [0.2, 0.25) is 0 Å². The van der Waals surface area contributed by atoms with Gasteiger partial charge in [-0.3, -0.25) is 4.79 Å². The third-order valence-corrected chi connectivity index (χ3v) is 3.88. The normalized spacial score (nSPS) is 20.5. The number of carbonyl (C=O) groups excluding carboxylic acids is 1. The quantitative estimate of drug-likeness (QED) is 0.799. The molecular formula is C14H18Cl2F2N2O2. The van der Waals surface area contributed by atoms with E-state index in [-0.39, 0.29) is 35.1 Å². The summed E-state index contributed by atoms with van der Waals surface area (Å²) in [6.45, 7) is 1.55. The zero-order chi connectivity index (χ0) is 15.5. The maximum Gasteiger partial charge on any atom is 0.254 e. The van der Waals surface area contributed by atoms with Gasteiger partial charge in [-0.15, -0.1) is 12.4 Å². The lowest BCUT2D eigenvalue weighted by atomic mass is 9.98. The van der Waals surface area contributed by atoms with E-state index in [1.165, 1.54) is 0 Å². The predicted octanol–water partition coefficient (Wildman–Crippen LogP) is 2.54. The first-order valence-corrected chi connectivity index (χ1v) is 7.02. The van der Waals surface area contributed by atoms with Crippen LogP contribution in [0.4, 0.5) is 8.78 Å². The first-order chi connectivity index (χ1) is 9.97. The third kappa shape index (κ3) is 4.29. The summed E-state index contributed by atoms with van der Waals surface area (Å²) in [7, 11) is 1.58. The average molecular weight is 355 g/mol. The van der Waals surface area contributed by atoms with Gasteiger partial charge in [0.1, 0.15) is 11.6 Å². The average Bonchev–Trinajstić information content (AvgIpc) is 2.90. The number of carbonyl (C=O) groups is 1. The molecule has 8 heteroatoms. The topological polar surface area (TPSA) is 50.4 Å². The van der Waals surface area contributed by atoms with E-state index in [1.54, 1.807) is 7.11 Å². The van der Waals surface area contributed by atoms with Crippen molar-refractivity contribution in [2.75, 3.05) is 26.8 Å². The number of rotatable bonds is 5. The van der Waals surface area contributed by atoms with Gasteiger partial charge in [0.05, 0.1) is 22.7 Å². The molecule has 124 valence electrons. The molecule has 0 aliphatic carbocycles. The number of hydrogen-bond acceptors (Lipinski definition) is 3. The van der Waals surface area contributed by atoms with Crippen LogP contribution < -0.4 is 10.6 Å². The fourth-order valence-electron chi connectivity index (χ4n) is 2.51. The van der Waals surface area contributed by atoms with Crippen LogP contribution in [0.15, 0.2) is 12.1 Å². The molecule has 1 heterocycles. The Kier molecular flexibility index (Phi) is 6.99. The van der Waals surface area contributed by atoms with Crippen molar-refractivity contribution in [3.63, 3.8) is 0 Å². The largest absolute Gasteiger partial charge is 0.383 e. The highest BCUT2D eigenvalue weighted by molar-refractivity contribution is 6.30. The molecule has 1 aliphatic heterocycles. The molecule has 2 N–H and O–H groups in total. The zero-order valence-corrected chi connectivity index (χ0v) is 13.6. The van der Waals surface area contributed by atoms with Crippen LogP contribution in [-0.2, 0) is 4.74 Å². The Morgan fingerprint density at radius 2 is 2.18 bits per heavy atom. The van der Waals surface area contributed by atoms with Crippen molar-refractivity contribution in [3.05, 3.63) is 34.4 Å². The van der Waals surface area contributed by atoms with Crippen LogP contribution in [0, 0.1) is 11.6 Å². The van der Waals surface area contributed by atoms with Gasteiger partial charge in [-0.2, -0.15) is 0 Å². The number of halogens is 4. The minimum Gasteiger partial charge on any atom is -0.383 e. The molecule has 1 amide bonds. The van der Waals surface area contributed by atoms with Crippen molar-refractivity contribution in [1.29, 1.82) is 0 Å². The Bertz CT molecular complexity index is 538. The molecule has 2 rings (SSSR count). The highest BCUT2D eigenvalue weighted by Crippen LogP contribution is 2.21. The van der Waals surface area contributed by atoms with Crippen LogP contribution >= 0.6 is 24.0 Å². The van der Waals surface area contributed by atoms with Crippen LogP contribution in [0.5, 0.6) is 0 Å². The number of nitrogens with one attached hydrogen (secondary N) is 2. The van der Waals surface area contributed by atoms with E-state index < -0.39 is 17.5 Å². The van der Waals surface area contributed by atoms with Gasteiger partial charge >= 0.3 is 0 Å². The first-order valence-electron chi connectivity index (χ1n) is 6.64. The molecule has 1 aromatic carbocycles. The molecular weight excluding hydrogens is 337 g/mol. The van der Waals surface area contributed by atoms with E-state index in [2.05, 4.69) is 10.6 Å². The van der Waals surface area contributed by atoms with Crippen LogP contribution in [-0.4, -0.2) is 38.3 Å². The lowest BCUT2D eigenvalue weighted by molar-refractivity contribution is 0.0888. The monoisotopic (exact) mass is 354 g/mol. The van der Waals surface area contributed by atoms with Gasteiger partial charge in [0.25, 0.3) is 5.91 Å². The lowest BCUT2D eigenvalue weighted by Crippen LogP contribution is -2.53. The predicted molar refractivity (Wildman–Crippen MR) is 82.8 cm³/mol. The van der Waals surface area contributed by atoms with E-state index in [9.17, 15) is 13.6 Å². The fraction of sp³-hybridized carbons (Fsp3) is 0.500. The summed E-state index contributed by atoms with van der Waals surface area (Å²) in [6, 6.07) is 1.60. The van der Waals surface area contributed by atoms with E-state index in [4.69, 9.17) is 16.3 Å². The maximum absolute atomic E-state index is 13.7. The van der Waals surface area contributed by atoms with E-state index in [0.717, 1.165) is 31.5 Å². The number of amides is 1. The molecule has 1 saturated heterocycles. The summed E-state index contributed by atoms with van der Waals surface area (Å²) in [5, 5.41) is 5.56. The molecule has 1 atom stereocenters. The Morgan fingerprint density at radius 3 is 2.77 bits per heavy atom. The SMILES string of the molecule is COCC1(CNC(=O)c2cc(F)c(Cl)cc2F)CCCN1.Cl. The van der Waals surface area contributed by atoms with Crippen molar-refractivity contribution in [3.8, 4) is 0 Å². The van der Waals surface area contributed by atoms with Crippen molar-refractivity contribution in [2.24, 2.45) is 0 Å². The van der Waals surface area contributed by atoms with Crippen molar-refractivity contribution >= 4 is 29.9 Å². The Labute approximate surface area is 139 Å². The van der Waals surface area contributed by atoms with E-state index in [1.807, 2.05) is 0 Å². The molecule has 0 radical (unpaired) electrons. The van der Waals surface area contributed by atoms with E-state index >= 15 is 0 Å². The summed E-state index contributed by atoms with van der Waals surface area (Å²) in [6.07, 6.45) is 1.82. The summed E-state index contributed by atoms with van der Waals surface area (Å²) < 4.78 is 32.2. The maximum atomic E-state index is 13.7. The third-order valence-electron chi connectivity index (χ3n) is 3.59. The van der Waals surface area contributed by atoms with Gasteiger partial charge < -0.3 is 15.4 Å². The summed E-state index contributed by atoms with van der Waals surface area (Å²) in [4.78, 5) is 12.0. The summed E-state index contributed by atoms with van der Waals surface area (Å²) >= 11 is 5.46. The van der Waals surface area contributed by atoms with Gasteiger partial charge in [0.15, 0.2) is 0 Å². The van der Waals surface area contributed by atoms with Gasteiger partial charge in [-0.25, -0.2) is 8.78 Å². The highest BCUT2D eigenvalue weighted by Gasteiger charge is 2.34. The van der Waals surface area contributed by atoms with Crippen molar-refractivity contribution in [2.45, 2.75) is 18.4 Å². The summed E-state index contributed by atoms with van der Waals surface area (Å²) in [5.74, 6) is -2.35. The molecule has 1 unspecified atom stereocenters. The van der Waals surface area contributed by atoms with Crippen molar-refractivity contribution < 1.29 is 18.3 Å². The van der Waals surface area contributed by atoms with Crippen LogP contribution in [0.2, 0.25) is 5.02 Å². The minimum absolute atomic E-state index is 0. The summed E-state index contributed by atoms with van der Waals surface area (Å²) in [5.41, 5.74) is -0.714. The standard InChI is InChI=1S/C14H17ClF2N2O2.ClH/c1-21-8-14(3-2-4-19-14)7-18-13(20)9-5-12(17)10(15)6-11(9)16;/h5-6,19H,2-4,7-8H2,1H3,(H,18,20);1H. The highest BCUT2D eigenvalue weighted by atomic mass is 35.5. The number of benzene rings is 1. The Morgan fingerprint density at radius 1 is 1.45 bits per heavy atom. The van der Waals surface area contributed by atoms with Gasteiger partial charge in [-0.05, 0) is 31.5 Å². The van der Waals surface area contributed by atoms with Crippen LogP contribution in [0.25, 0.3) is 0 Å². The minimum atomic E-state index is -0.848. The lowest BCUT2D eigenvalue weighted by Gasteiger charge is -2.29. The van der Waals surface area contributed by atoms with E-state index in [0.29, 0.717) is 6.61 Å². The molecule has 0 saturated carbocycles. The second kappa shape index (κ2) is 8.06. The van der Waals surface area contributed by atoms with Crippen LogP contribution in [0.3, 0.4) is 0 Å².